The molecule has 0 unspecified atom stereocenters. The zero-order chi connectivity index (χ0) is 20.1. The zero-order valence-corrected chi connectivity index (χ0v) is 17.0. The van der Waals surface area contributed by atoms with Crippen LogP contribution in [-0.4, -0.2) is 47.9 Å². The van der Waals surface area contributed by atoms with E-state index in [1.807, 2.05) is 13.0 Å². The third-order valence-corrected chi connectivity index (χ3v) is 6.53. The quantitative estimate of drug-likeness (QED) is 0.762. The summed E-state index contributed by atoms with van der Waals surface area (Å²) in [5.41, 5.74) is 0.574. The van der Waals surface area contributed by atoms with Gasteiger partial charge in [0.15, 0.2) is 5.03 Å². The van der Waals surface area contributed by atoms with Crippen LogP contribution in [0.1, 0.15) is 26.7 Å². The van der Waals surface area contributed by atoms with Gasteiger partial charge in [0.05, 0.1) is 18.6 Å². The van der Waals surface area contributed by atoms with Crippen LogP contribution in [0, 0.1) is 5.92 Å². The molecule has 1 aromatic carbocycles. The molecule has 1 saturated heterocycles. The Bertz CT molecular complexity index is 918. The molecule has 2 heterocycles. The predicted octanol–water partition coefficient (Wildman–Crippen LogP) is 2.34. The number of amides is 1. The van der Waals surface area contributed by atoms with Gasteiger partial charge in [0.2, 0.25) is 5.91 Å². The summed E-state index contributed by atoms with van der Waals surface area (Å²) in [4.78, 5) is 16.4. The van der Waals surface area contributed by atoms with Gasteiger partial charge in [-0.15, -0.1) is 0 Å². The SMILES string of the molecule is CCOc1ccccc1NC(=O)Cn1cnc(S(=O)(=O)N2CCC(C)CC2)c1. The van der Waals surface area contributed by atoms with E-state index in [9.17, 15) is 13.2 Å². The molecule has 1 aromatic heterocycles. The van der Waals surface area contributed by atoms with E-state index in [4.69, 9.17) is 4.74 Å². The molecule has 0 spiro atoms. The summed E-state index contributed by atoms with van der Waals surface area (Å²) >= 11 is 0. The number of rotatable bonds is 7. The Hall–Kier alpha value is -2.39. The number of ether oxygens (including phenoxy) is 1. The molecule has 1 fully saturated rings. The van der Waals surface area contributed by atoms with Gasteiger partial charge < -0.3 is 14.6 Å². The highest BCUT2D eigenvalue weighted by Gasteiger charge is 2.29. The van der Waals surface area contributed by atoms with E-state index in [1.165, 1.54) is 21.4 Å². The van der Waals surface area contributed by atoms with Crippen molar-refractivity contribution in [2.75, 3.05) is 25.0 Å². The number of hydrogen-bond donors (Lipinski definition) is 1. The molecule has 1 amide bonds. The lowest BCUT2D eigenvalue weighted by atomic mass is 10.0. The summed E-state index contributed by atoms with van der Waals surface area (Å²) in [5, 5.41) is 2.76. The Morgan fingerprint density at radius 3 is 2.71 bits per heavy atom. The van der Waals surface area contributed by atoms with Crippen LogP contribution >= 0.6 is 0 Å². The smallest absolute Gasteiger partial charge is 0.262 e. The lowest BCUT2D eigenvalue weighted by Gasteiger charge is -2.28. The molecule has 0 aliphatic carbocycles. The largest absolute Gasteiger partial charge is 0.492 e. The summed E-state index contributed by atoms with van der Waals surface area (Å²) in [7, 11) is -3.62. The number of benzene rings is 1. The molecular formula is C19H26N4O4S. The van der Waals surface area contributed by atoms with Crippen molar-refractivity contribution in [2.24, 2.45) is 5.92 Å². The van der Waals surface area contributed by atoms with E-state index in [2.05, 4.69) is 17.2 Å². The molecule has 0 atom stereocenters. The van der Waals surface area contributed by atoms with Gasteiger partial charge in [0.1, 0.15) is 12.3 Å². The summed E-state index contributed by atoms with van der Waals surface area (Å²) in [6.45, 7) is 5.46. The van der Waals surface area contributed by atoms with Crippen LogP contribution in [0.5, 0.6) is 5.75 Å². The number of piperidine rings is 1. The fourth-order valence-corrected chi connectivity index (χ4v) is 4.53. The first-order chi connectivity index (χ1) is 13.4. The topological polar surface area (TPSA) is 93.5 Å². The van der Waals surface area contributed by atoms with Crippen LogP contribution in [0.15, 0.2) is 41.8 Å². The average molecular weight is 407 g/mol. The van der Waals surface area contributed by atoms with Crippen LogP contribution < -0.4 is 10.1 Å². The second-order valence-corrected chi connectivity index (χ2v) is 8.83. The Balaban J connectivity index is 1.65. The Kier molecular flexibility index (Phi) is 6.35. The highest BCUT2D eigenvalue weighted by molar-refractivity contribution is 7.89. The molecule has 2 aromatic rings. The van der Waals surface area contributed by atoms with Gasteiger partial charge in [0.25, 0.3) is 10.0 Å². The standard InChI is InChI=1S/C19H26N4O4S/c1-3-27-17-7-5-4-6-16(17)21-18(24)12-22-13-19(20-14-22)28(25,26)23-10-8-15(2)9-11-23/h4-7,13-15H,3,8-12H2,1-2H3,(H,21,24). The third kappa shape index (κ3) is 4.71. The molecule has 3 rings (SSSR count). The van der Waals surface area contributed by atoms with Crippen molar-refractivity contribution in [3.05, 3.63) is 36.8 Å². The van der Waals surface area contributed by atoms with E-state index in [1.54, 1.807) is 18.2 Å². The van der Waals surface area contributed by atoms with Gasteiger partial charge in [-0.25, -0.2) is 13.4 Å². The Labute approximate surface area is 165 Å². The highest BCUT2D eigenvalue weighted by Crippen LogP contribution is 2.24. The zero-order valence-electron chi connectivity index (χ0n) is 16.2. The van der Waals surface area contributed by atoms with Crippen LogP contribution in [0.25, 0.3) is 0 Å². The second-order valence-electron chi connectivity index (χ2n) is 6.95. The predicted molar refractivity (Wildman–Crippen MR) is 106 cm³/mol. The monoisotopic (exact) mass is 406 g/mol. The Morgan fingerprint density at radius 1 is 1.29 bits per heavy atom. The molecule has 1 aliphatic rings. The lowest BCUT2D eigenvalue weighted by Crippen LogP contribution is -2.38. The number of nitrogens with zero attached hydrogens (tertiary/aromatic N) is 3. The van der Waals surface area contributed by atoms with Crippen molar-refractivity contribution >= 4 is 21.6 Å². The van der Waals surface area contributed by atoms with E-state index < -0.39 is 10.0 Å². The van der Waals surface area contributed by atoms with Crippen LogP contribution in [0.3, 0.4) is 0 Å². The fraction of sp³-hybridized carbons (Fsp3) is 0.474. The maximum absolute atomic E-state index is 12.7. The number of hydrogen-bond acceptors (Lipinski definition) is 5. The van der Waals surface area contributed by atoms with E-state index >= 15 is 0 Å². The van der Waals surface area contributed by atoms with Crippen molar-refractivity contribution < 1.29 is 17.9 Å². The van der Waals surface area contributed by atoms with Crippen molar-refractivity contribution in [1.29, 1.82) is 0 Å². The summed E-state index contributed by atoms with van der Waals surface area (Å²) < 4.78 is 33.9. The number of anilines is 1. The van der Waals surface area contributed by atoms with Crippen LogP contribution in [0.4, 0.5) is 5.69 Å². The number of carbonyl (C=O) groups excluding carboxylic acids is 1. The van der Waals surface area contributed by atoms with Crippen LogP contribution in [-0.2, 0) is 21.4 Å². The number of aromatic nitrogens is 2. The minimum Gasteiger partial charge on any atom is -0.492 e. The summed E-state index contributed by atoms with van der Waals surface area (Å²) in [6.07, 6.45) is 4.47. The third-order valence-electron chi connectivity index (χ3n) is 4.74. The molecular weight excluding hydrogens is 380 g/mol. The molecule has 0 radical (unpaired) electrons. The number of sulfonamides is 1. The first kappa shape index (κ1) is 20.3. The molecule has 0 saturated carbocycles. The van der Waals surface area contributed by atoms with Gasteiger partial charge in [0, 0.05) is 19.3 Å². The first-order valence-electron chi connectivity index (χ1n) is 9.43. The Morgan fingerprint density at radius 2 is 2.00 bits per heavy atom. The first-order valence-corrected chi connectivity index (χ1v) is 10.9. The number of carbonyl (C=O) groups is 1. The molecule has 9 heteroatoms. The molecule has 8 nitrogen and oxygen atoms in total. The minimum atomic E-state index is -3.62. The fourth-order valence-electron chi connectivity index (χ4n) is 3.12. The van der Waals surface area contributed by atoms with Crippen molar-refractivity contribution in [3.8, 4) is 5.75 Å². The van der Waals surface area contributed by atoms with Crippen LogP contribution in [0.2, 0.25) is 0 Å². The number of imidazole rings is 1. The molecule has 0 bridgehead atoms. The van der Waals surface area contributed by atoms with E-state index in [0.29, 0.717) is 37.1 Å². The lowest BCUT2D eigenvalue weighted by molar-refractivity contribution is -0.116. The van der Waals surface area contributed by atoms with Gasteiger partial charge in [-0.2, -0.15) is 4.31 Å². The molecule has 152 valence electrons. The van der Waals surface area contributed by atoms with Gasteiger partial charge in [-0.3, -0.25) is 4.79 Å². The average Bonchev–Trinajstić information content (AvgIpc) is 3.13. The van der Waals surface area contributed by atoms with Crippen molar-refractivity contribution in [3.63, 3.8) is 0 Å². The van der Waals surface area contributed by atoms with Gasteiger partial charge >= 0.3 is 0 Å². The number of nitrogens with one attached hydrogen (secondary N) is 1. The van der Waals surface area contributed by atoms with E-state index in [0.717, 1.165) is 12.8 Å². The molecule has 1 N–H and O–H groups in total. The summed E-state index contributed by atoms with van der Waals surface area (Å²) in [6, 6.07) is 7.17. The van der Waals surface area contributed by atoms with Gasteiger partial charge in [-0.05, 0) is 37.8 Å². The highest BCUT2D eigenvalue weighted by atomic mass is 32.2. The minimum absolute atomic E-state index is 0.0235. The second kappa shape index (κ2) is 8.74. The summed E-state index contributed by atoms with van der Waals surface area (Å²) in [5.74, 6) is 0.833. The maximum atomic E-state index is 12.7. The van der Waals surface area contributed by atoms with Crippen molar-refractivity contribution in [1.82, 2.24) is 13.9 Å². The van der Waals surface area contributed by atoms with E-state index in [-0.39, 0.29) is 17.5 Å². The van der Waals surface area contributed by atoms with Gasteiger partial charge in [-0.1, -0.05) is 19.1 Å². The molecule has 1 aliphatic heterocycles. The normalized spacial score (nSPS) is 16.1. The maximum Gasteiger partial charge on any atom is 0.262 e. The van der Waals surface area contributed by atoms with Crippen molar-refractivity contribution in [2.45, 2.75) is 38.3 Å². The number of para-hydroxylation sites is 2. The molecule has 28 heavy (non-hydrogen) atoms.